The lowest BCUT2D eigenvalue weighted by molar-refractivity contribution is 0.387. The summed E-state index contributed by atoms with van der Waals surface area (Å²) in [5, 5.41) is 11.3. The van der Waals surface area contributed by atoms with Crippen molar-refractivity contribution in [3.8, 4) is 23.0 Å². The standard InChI is InChI=1S/C14H19N3O3/c1-5-9(15-2)13-16-17-14(20-13)12-10(18-3)7-6-8-11(12)19-4/h6-9,15H,5H2,1-4H3. The van der Waals surface area contributed by atoms with E-state index in [-0.39, 0.29) is 6.04 Å². The quantitative estimate of drug-likeness (QED) is 0.874. The average Bonchev–Trinajstić information content (AvgIpc) is 2.97. The number of aromatic nitrogens is 2. The third-order valence-electron chi connectivity index (χ3n) is 3.14. The molecule has 0 aliphatic heterocycles. The molecule has 0 spiro atoms. The van der Waals surface area contributed by atoms with Gasteiger partial charge in [-0.1, -0.05) is 13.0 Å². The first-order valence-corrected chi connectivity index (χ1v) is 6.47. The van der Waals surface area contributed by atoms with Gasteiger partial charge in [0.15, 0.2) is 0 Å². The summed E-state index contributed by atoms with van der Waals surface area (Å²) >= 11 is 0. The predicted octanol–water partition coefficient (Wildman–Crippen LogP) is 2.42. The summed E-state index contributed by atoms with van der Waals surface area (Å²) < 4.78 is 16.4. The summed E-state index contributed by atoms with van der Waals surface area (Å²) in [5.74, 6) is 2.22. The van der Waals surface area contributed by atoms with Crippen molar-refractivity contribution < 1.29 is 13.9 Å². The summed E-state index contributed by atoms with van der Waals surface area (Å²) in [6.45, 7) is 2.05. The van der Waals surface area contributed by atoms with Crippen LogP contribution in [0.5, 0.6) is 11.5 Å². The lowest BCUT2D eigenvalue weighted by Gasteiger charge is -2.10. The van der Waals surface area contributed by atoms with Crippen LogP contribution in [0.1, 0.15) is 25.3 Å². The molecule has 0 fully saturated rings. The topological polar surface area (TPSA) is 69.4 Å². The third-order valence-corrected chi connectivity index (χ3v) is 3.14. The van der Waals surface area contributed by atoms with Crippen molar-refractivity contribution in [2.75, 3.05) is 21.3 Å². The first-order valence-electron chi connectivity index (χ1n) is 6.47. The minimum Gasteiger partial charge on any atom is -0.496 e. The van der Waals surface area contributed by atoms with Crippen molar-refractivity contribution in [1.82, 2.24) is 15.5 Å². The molecular weight excluding hydrogens is 258 g/mol. The van der Waals surface area contributed by atoms with Crippen molar-refractivity contribution in [3.63, 3.8) is 0 Å². The third kappa shape index (κ3) is 2.60. The minimum absolute atomic E-state index is 0.0388. The summed E-state index contributed by atoms with van der Waals surface area (Å²) in [6.07, 6.45) is 0.862. The molecule has 1 unspecified atom stereocenters. The van der Waals surface area contributed by atoms with Gasteiger partial charge in [0.05, 0.1) is 20.3 Å². The summed E-state index contributed by atoms with van der Waals surface area (Å²) in [7, 11) is 5.05. The molecule has 108 valence electrons. The molecule has 0 radical (unpaired) electrons. The molecule has 0 aliphatic carbocycles. The second-order valence-electron chi connectivity index (χ2n) is 4.23. The van der Waals surface area contributed by atoms with Crippen LogP contribution in [0.4, 0.5) is 0 Å². The normalized spacial score (nSPS) is 12.2. The number of rotatable bonds is 6. The molecule has 2 aromatic rings. The summed E-state index contributed by atoms with van der Waals surface area (Å²) in [4.78, 5) is 0. The Labute approximate surface area is 118 Å². The Bertz CT molecular complexity index is 542. The van der Waals surface area contributed by atoms with E-state index >= 15 is 0 Å². The monoisotopic (exact) mass is 277 g/mol. The van der Waals surface area contributed by atoms with Crippen LogP contribution in [0.25, 0.3) is 11.5 Å². The number of benzene rings is 1. The second-order valence-corrected chi connectivity index (χ2v) is 4.23. The van der Waals surface area contributed by atoms with Crippen LogP contribution < -0.4 is 14.8 Å². The number of nitrogens with one attached hydrogen (secondary N) is 1. The Kier molecular flexibility index (Phi) is 4.57. The van der Waals surface area contributed by atoms with E-state index in [0.29, 0.717) is 28.8 Å². The van der Waals surface area contributed by atoms with E-state index in [0.717, 1.165) is 6.42 Å². The van der Waals surface area contributed by atoms with Gasteiger partial charge in [0.25, 0.3) is 5.89 Å². The van der Waals surface area contributed by atoms with E-state index in [1.54, 1.807) is 14.2 Å². The van der Waals surface area contributed by atoms with Crippen molar-refractivity contribution in [3.05, 3.63) is 24.1 Å². The zero-order chi connectivity index (χ0) is 14.5. The molecule has 0 aliphatic rings. The largest absolute Gasteiger partial charge is 0.496 e. The number of ether oxygens (including phenoxy) is 2. The van der Waals surface area contributed by atoms with E-state index in [1.807, 2.05) is 25.2 Å². The van der Waals surface area contributed by atoms with Gasteiger partial charge in [-0.3, -0.25) is 0 Å². The maximum absolute atomic E-state index is 5.75. The Balaban J connectivity index is 2.46. The van der Waals surface area contributed by atoms with Crippen LogP contribution in [0, 0.1) is 0 Å². The van der Waals surface area contributed by atoms with E-state index in [2.05, 4.69) is 22.4 Å². The number of methoxy groups -OCH3 is 2. The van der Waals surface area contributed by atoms with Crippen LogP contribution in [-0.2, 0) is 0 Å². The zero-order valence-corrected chi connectivity index (χ0v) is 12.1. The lowest BCUT2D eigenvalue weighted by atomic mass is 10.1. The van der Waals surface area contributed by atoms with Gasteiger partial charge in [-0.15, -0.1) is 10.2 Å². The Morgan fingerprint density at radius 2 is 1.85 bits per heavy atom. The molecule has 0 saturated carbocycles. The van der Waals surface area contributed by atoms with Crippen molar-refractivity contribution in [1.29, 1.82) is 0 Å². The maximum Gasteiger partial charge on any atom is 0.255 e. The van der Waals surface area contributed by atoms with Gasteiger partial charge < -0.3 is 19.2 Å². The molecule has 1 N–H and O–H groups in total. The fourth-order valence-electron chi connectivity index (χ4n) is 2.04. The predicted molar refractivity (Wildman–Crippen MR) is 74.9 cm³/mol. The highest BCUT2D eigenvalue weighted by Crippen LogP contribution is 2.37. The molecule has 6 heteroatoms. The molecule has 1 atom stereocenters. The van der Waals surface area contributed by atoms with Crippen molar-refractivity contribution >= 4 is 0 Å². The van der Waals surface area contributed by atoms with Crippen LogP contribution >= 0.6 is 0 Å². The van der Waals surface area contributed by atoms with Gasteiger partial charge in [-0.2, -0.15) is 0 Å². The highest BCUT2D eigenvalue weighted by molar-refractivity contribution is 5.70. The Morgan fingerprint density at radius 3 is 2.35 bits per heavy atom. The van der Waals surface area contributed by atoms with Crippen molar-refractivity contribution in [2.45, 2.75) is 19.4 Å². The number of hydrogen-bond donors (Lipinski definition) is 1. The fraction of sp³-hybridized carbons (Fsp3) is 0.429. The maximum atomic E-state index is 5.75. The Morgan fingerprint density at radius 1 is 1.20 bits per heavy atom. The summed E-state index contributed by atoms with van der Waals surface area (Å²) in [5.41, 5.74) is 0.669. The van der Waals surface area contributed by atoms with E-state index in [9.17, 15) is 0 Å². The van der Waals surface area contributed by atoms with Gasteiger partial charge in [0, 0.05) is 0 Å². The van der Waals surface area contributed by atoms with Crippen LogP contribution in [0.3, 0.4) is 0 Å². The van der Waals surface area contributed by atoms with Gasteiger partial charge >= 0.3 is 0 Å². The van der Waals surface area contributed by atoms with Gasteiger partial charge in [0.2, 0.25) is 5.89 Å². The molecular formula is C14H19N3O3. The number of hydrogen-bond acceptors (Lipinski definition) is 6. The van der Waals surface area contributed by atoms with Gasteiger partial charge in [-0.05, 0) is 25.6 Å². The fourth-order valence-corrected chi connectivity index (χ4v) is 2.04. The molecule has 2 rings (SSSR count). The van der Waals surface area contributed by atoms with E-state index < -0.39 is 0 Å². The molecule has 0 saturated heterocycles. The first kappa shape index (κ1) is 14.3. The van der Waals surface area contributed by atoms with E-state index in [1.165, 1.54) is 0 Å². The smallest absolute Gasteiger partial charge is 0.255 e. The van der Waals surface area contributed by atoms with Crippen LogP contribution in [0.2, 0.25) is 0 Å². The molecule has 6 nitrogen and oxygen atoms in total. The van der Waals surface area contributed by atoms with Crippen molar-refractivity contribution in [2.24, 2.45) is 0 Å². The Hall–Kier alpha value is -2.08. The zero-order valence-electron chi connectivity index (χ0n) is 12.1. The highest BCUT2D eigenvalue weighted by atomic mass is 16.5. The lowest BCUT2D eigenvalue weighted by Crippen LogP contribution is -2.15. The molecule has 20 heavy (non-hydrogen) atoms. The molecule has 1 aromatic heterocycles. The minimum atomic E-state index is 0.0388. The summed E-state index contributed by atoms with van der Waals surface area (Å²) in [6, 6.07) is 5.55. The average molecular weight is 277 g/mol. The SMILES string of the molecule is CCC(NC)c1nnc(-c2c(OC)cccc2OC)o1. The highest BCUT2D eigenvalue weighted by Gasteiger charge is 2.21. The number of nitrogens with zero attached hydrogens (tertiary/aromatic N) is 2. The van der Waals surface area contributed by atoms with Gasteiger partial charge in [0.1, 0.15) is 17.1 Å². The van der Waals surface area contributed by atoms with Crippen LogP contribution in [0.15, 0.2) is 22.6 Å². The molecule has 0 amide bonds. The van der Waals surface area contributed by atoms with E-state index in [4.69, 9.17) is 13.9 Å². The molecule has 1 heterocycles. The molecule has 0 bridgehead atoms. The first-order chi connectivity index (χ1) is 9.74. The second kappa shape index (κ2) is 6.38. The molecule has 1 aromatic carbocycles. The van der Waals surface area contributed by atoms with Crippen LogP contribution in [-0.4, -0.2) is 31.5 Å². The van der Waals surface area contributed by atoms with Gasteiger partial charge in [-0.25, -0.2) is 0 Å².